The van der Waals surface area contributed by atoms with Gasteiger partial charge in [-0.2, -0.15) is 0 Å². The molecule has 3 nitrogen and oxygen atoms in total. The summed E-state index contributed by atoms with van der Waals surface area (Å²) in [5, 5.41) is 9.92. The van der Waals surface area contributed by atoms with E-state index in [1.807, 2.05) is 6.07 Å². The van der Waals surface area contributed by atoms with Crippen LogP contribution in [-0.4, -0.2) is 10.1 Å². The number of hydrogen-bond acceptors (Lipinski definition) is 3. The van der Waals surface area contributed by atoms with E-state index >= 15 is 0 Å². The lowest BCUT2D eigenvalue weighted by Gasteiger charge is -2.22. The summed E-state index contributed by atoms with van der Waals surface area (Å²) < 4.78 is 0. The lowest BCUT2D eigenvalue weighted by atomic mass is 9.87. The first-order valence-electron chi connectivity index (χ1n) is 4.78. The number of rotatable bonds is 2. The monoisotopic (exact) mass is 194 g/mol. The van der Waals surface area contributed by atoms with Crippen LogP contribution in [0.1, 0.15) is 38.9 Å². The van der Waals surface area contributed by atoms with Gasteiger partial charge in [0, 0.05) is 11.8 Å². The zero-order valence-electron chi connectivity index (χ0n) is 8.99. The van der Waals surface area contributed by atoms with Crippen LogP contribution in [0, 0.1) is 5.41 Å². The van der Waals surface area contributed by atoms with Crippen LogP contribution in [0.5, 0.6) is 0 Å². The molecule has 1 aromatic rings. The Morgan fingerprint density at radius 1 is 1.50 bits per heavy atom. The Labute approximate surface area is 85.0 Å². The van der Waals surface area contributed by atoms with Crippen LogP contribution < -0.4 is 5.73 Å². The average molecular weight is 194 g/mol. The van der Waals surface area contributed by atoms with Gasteiger partial charge < -0.3 is 10.8 Å². The highest BCUT2D eigenvalue weighted by Crippen LogP contribution is 2.30. The average Bonchev–Trinajstić information content (AvgIpc) is 2.01. The summed E-state index contributed by atoms with van der Waals surface area (Å²) in [6.07, 6.45) is 1.79. The number of anilines is 1. The normalized spacial score (nSPS) is 14.0. The van der Waals surface area contributed by atoms with Crippen LogP contribution >= 0.6 is 0 Å². The number of nitrogens with zero attached hydrogens (tertiary/aromatic N) is 1. The molecule has 0 fully saturated rings. The number of nitrogens with two attached hydrogens (primary N) is 1. The van der Waals surface area contributed by atoms with Gasteiger partial charge in [-0.05, 0) is 17.9 Å². The molecule has 0 aromatic carbocycles. The predicted molar refractivity (Wildman–Crippen MR) is 57.7 cm³/mol. The van der Waals surface area contributed by atoms with Gasteiger partial charge in [0.1, 0.15) is 5.82 Å². The van der Waals surface area contributed by atoms with E-state index in [9.17, 15) is 5.11 Å². The molecule has 0 spiro atoms. The maximum Gasteiger partial charge on any atom is 0.129 e. The molecule has 0 saturated heterocycles. The first-order valence-corrected chi connectivity index (χ1v) is 4.78. The Balaban J connectivity index is 2.80. The van der Waals surface area contributed by atoms with E-state index in [1.54, 1.807) is 12.3 Å². The second-order valence-corrected chi connectivity index (χ2v) is 4.76. The molecule has 3 heteroatoms. The molecule has 0 aliphatic rings. The van der Waals surface area contributed by atoms with Crippen molar-refractivity contribution in [2.45, 2.75) is 33.3 Å². The van der Waals surface area contributed by atoms with Crippen LogP contribution in [0.15, 0.2) is 18.3 Å². The number of aliphatic hydroxyl groups is 1. The van der Waals surface area contributed by atoms with Gasteiger partial charge in [-0.3, -0.25) is 0 Å². The van der Waals surface area contributed by atoms with E-state index in [2.05, 4.69) is 25.8 Å². The van der Waals surface area contributed by atoms with Gasteiger partial charge in [0.2, 0.25) is 0 Å². The lowest BCUT2D eigenvalue weighted by molar-refractivity contribution is 0.123. The fraction of sp³-hybridized carbons (Fsp3) is 0.545. The third kappa shape index (κ3) is 3.00. The van der Waals surface area contributed by atoms with Gasteiger partial charge in [0.05, 0.1) is 6.10 Å². The van der Waals surface area contributed by atoms with E-state index in [0.29, 0.717) is 12.2 Å². The maximum absolute atomic E-state index is 9.92. The van der Waals surface area contributed by atoms with Crippen molar-refractivity contribution in [3.05, 3.63) is 23.9 Å². The van der Waals surface area contributed by atoms with E-state index in [0.717, 1.165) is 5.56 Å². The van der Waals surface area contributed by atoms with Crippen molar-refractivity contribution in [2.24, 2.45) is 5.41 Å². The van der Waals surface area contributed by atoms with Crippen molar-refractivity contribution < 1.29 is 5.11 Å². The molecular weight excluding hydrogens is 176 g/mol. The van der Waals surface area contributed by atoms with Gasteiger partial charge in [-0.25, -0.2) is 4.98 Å². The zero-order valence-corrected chi connectivity index (χ0v) is 8.99. The summed E-state index contributed by atoms with van der Waals surface area (Å²) in [4.78, 5) is 3.95. The molecule has 1 atom stereocenters. The smallest absolute Gasteiger partial charge is 0.129 e. The van der Waals surface area contributed by atoms with E-state index < -0.39 is 6.10 Å². The van der Waals surface area contributed by atoms with Crippen molar-refractivity contribution >= 4 is 5.82 Å². The van der Waals surface area contributed by atoms with Crippen LogP contribution in [0.4, 0.5) is 5.82 Å². The number of pyridine rings is 1. The predicted octanol–water partition coefficient (Wildman–Crippen LogP) is 2.13. The minimum Gasteiger partial charge on any atom is -0.388 e. The third-order valence-corrected chi connectivity index (χ3v) is 2.04. The molecule has 1 heterocycles. The Hall–Kier alpha value is -1.09. The fourth-order valence-electron chi connectivity index (χ4n) is 1.40. The highest BCUT2D eigenvalue weighted by Gasteiger charge is 2.19. The first-order chi connectivity index (χ1) is 6.40. The van der Waals surface area contributed by atoms with Crippen molar-refractivity contribution in [1.29, 1.82) is 0 Å². The molecule has 1 aromatic heterocycles. The molecule has 0 bridgehead atoms. The topological polar surface area (TPSA) is 59.1 Å². The van der Waals surface area contributed by atoms with Crippen LogP contribution in [0.2, 0.25) is 0 Å². The summed E-state index contributed by atoms with van der Waals surface area (Å²) in [7, 11) is 0. The van der Waals surface area contributed by atoms with Crippen LogP contribution in [0.25, 0.3) is 0 Å². The third-order valence-electron chi connectivity index (χ3n) is 2.04. The molecule has 0 radical (unpaired) electrons. The standard InChI is InChI=1S/C11H18N2O/c1-11(2,3)7-9(14)8-5-4-6-13-10(8)12/h4-6,9,14H,7H2,1-3H3,(H2,12,13). The largest absolute Gasteiger partial charge is 0.388 e. The second-order valence-electron chi connectivity index (χ2n) is 4.76. The van der Waals surface area contributed by atoms with Gasteiger partial charge in [0.25, 0.3) is 0 Å². The highest BCUT2D eigenvalue weighted by atomic mass is 16.3. The number of nitrogen functional groups attached to an aromatic ring is 1. The Morgan fingerprint density at radius 3 is 2.64 bits per heavy atom. The minimum absolute atomic E-state index is 0.0850. The fourth-order valence-corrected chi connectivity index (χ4v) is 1.40. The number of aromatic nitrogens is 1. The highest BCUT2D eigenvalue weighted by molar-refractivity contribution is 5.39. The summed E-state index contributed by atoms with van der Waals surface area (Å²) in [5.41, 5.74) is 6.48. The second kappa shape index (κ2) is 3.96. The van der Waals surface area contributed by atoms with Crippen LogP contribution in [-0.2, 0) is 0 Å². The minimum atomic E-state index is -0.524. The summed E-state index contributed by atoms with van der Waals surface area (Å²) in [6, 6.07) is 3.61. The Bertz CT molecular complexity index is 304. The maximum atomic E-state index is 9.92. The summed E-state index contributed by atoms with van der Waals surface area (Å²) in [5.74, 6) is 0.421. The molecule has 0 amide bonds. The Kier molecular flexibility index (Phi) is 3.11. The quantitative estimate of drug-likeness (QED) is 0.758. The summed E-state index contributed by atoms with van der Waals surface area (Å²) >= 11 is 0. The van der Waals surface area contributed by atoms with E-state index in [-0.39, 0.29) is 5.41 Å². The van der Waals surface area contributed by atoms with Crippen molar-refractivity contribution in [3.63, 3.8) is 0 Å². The van der Waals surface area contributed by atoms with Gasteiger partial charge in [0.15, 0.2) is 0 Å². The number of hydrogen-bond donors (Lipinski definition) is 2. The van der Waals surface area contributed by atoms with Gasteiger partial charge in [-0.1, -0.05) is 26.8 Å². The van der Waals surface area contributed by atoms with Crippen molar-refractivity contribution in [3.8, 4) is 0 Å². The molecule has 3 N–H and O–H groups in total. The molecule has 78 valence electrons. The number of aliphatic hydroxyl groups excluding tert-OH is 1. The van der Waals surface area contributed by atoms with Gasteiger partial charge >= 0.3 is 0 Å². The molecule has 0 saturated carbocycles. The van der Waals surface area contributed by atoms with Gasteiger partial charge in [-0.15, -0.1) is 0 Å². The molecule has 14 heavy (non-hydrogen) atoms. The van der Waals surface area contributed by atoms with Crippen molar-refractivity contribution in [2.75, 3.05) is 5.73 Å². The zero-order chi connectivity index (χ0) is 10.8. The van der Waals surface area contributed by atoms with Crippen molar-refractivity contribution in [1.82, 2.24) is 4.98 Å². The molecule has 0 aliphatic heterocycles. The van der Waals surface area contributed by atoms with Crippen LogP contribution in [0.3, 0.4) is 0 Å². The molecule has 1 rings (SSSR count). The molecular formula is C11H18N2O. The molecule has 0 aliphatic carbocycles. The Morgan fingerprint density at radius 2 is 2.14 bits per heavy atom. The first kappa shape index (κ1) is 11.0. The lowest BCUT2D eigenvalue weighted by Crippen LogP contribution is -2.13. The summed E-state index contributed by atoms with van der Waals surface area (Å²) in [6.45, 7) is 6.26. The molecule has 1 unspecified atom stereocenters. The van der Waals surface area contributed by atoms with E-state index in [4.69, 9.17) is 5.73 Å². The SMILES string of the molecule is CC(C)(C)CC(O)c1cccnc1N. The van der Waals surface area contributed by atoms with E-state index in [1.165, 1.54) is 0 Å².